The fourth-order valence-corrected chi connectivity index (χ4v) is 4.81. The zero-order valence-corrected chi connectivity index (χ0v) is 20.6. The molecule has 0 saturated carbocycles. The second-order valence-corrected chi connectivity index (χ2v) is 10.9. The van der Waals surface area contributed by atoms with Gasteiger partial charge in [-0.3, -0.25) is 4.57 Å². The van der Waals surface area contributed by atoms with E-state index in [2.05, 4.69) is 0 Å². The van der Waals surface area contributed by atoms with Crippen LogP contribution in [0.15, 0.2) is 83.9 Å². The standard InChI is InChI=1S/C25H23ClN2O3S2/c1-3-33(29,30)24-14-10-22(11-15-24)28-16-21(17-32-31-23-12-4-18(2)5-13-23)27-25(28)19-6-8-20(26)9-7-19/h4-16H,3,17H2,1-2H3. The second-order valence-electron chi connectivity index (χ2n) is 7.49. The molecule has 0 amide bonds. The molecule has 0 fully saturated rings. The summed E-state index contributed by atoms with van der Waals surface area (Å²) in [5.74, 6) is 2.14. The number of benzene rings is 3. The smallest absolute Gasteiger partial charge is 0.178 e. The van der Waals surface area contributed by atoms with Crippen LogP contribution in [0.3, 0.4) is 0 Å². The van der Waals surface area contributed by atoms with Crippen LogP contribution in [-0.2, 0) is 15.6 Å². The van der Waals surface area contributed by atoms with Gasteiger partial charge in [0.25, 0.3) is 0 Å². The van der Waals surface area contributed by atoms with Gasteiger partial charge in [0.15, 0.2) is 9.84 Å². The molecule has 5 nitrogen and oxygen atoms in total. The lowest BCUT2D eigenvalue weighted by Gasteiger charge is -2.09. The number of imidazole rings is 1. The molecule has 0 bridgehead atoms. The molecule has 1 heterocycles. The van der Waals surface area contributed by atoms with Crippen molar-refractivity contribution in [2.75, 3.05) is 5.75 Å². The number of rotatable bonds is 8. The molecule has 4 rings (SSSR count). The summed E-state index contributed by atoms with van der Waals surface area (Å²) in [5, 5.41) is 0.647. The first-order valence-electron chi connectivity index (χ1n) is 10.4. The van der Waals surface area contributed by atoms with E-state index in [-0.39, 0.29) is 5.75 Å². The monoisotopic (exact) mass is 498 g/mol. The molecule has 3 aromatic carbocycles. The van der Waals surface area contributed by atoms with Gasteiger partial charge in [-0.25, -0.2) is 13.4 Å². The van der Waals surface area contributed by atoms with E-state index in [1.165, 1.54) is 17.6 Å². The second kappa shape index (κ2) is 10.0. The van der Waals surface area contributed by atoms with E-state index < -0.39 is 9.84 Å². The number of sulfone groups is 1. The molecule has 0 spiro atoms. The van der Waals surface area contributed by atoms with E-state index in [0.717, 1.165) is 28.5 Å². The summed E-state index contributed by atoms with van der Waals surface area (Å²) < 4.78 is 32.1. The van der Waals surface area contributed by atoms with Crippen molar-refractivity contribution in [1.29, 1.82) is 0 Å². The Bertz CT molecular complexity index is 1330. The van der Waals surface area contributed by atoms with Crippen LogP contribution < -0.4 is 4.18 Å². The molecule has 0 aliphatic heterocycles. The Labute approximate surface area is 203 Å². The molecule has 0 unspecified atom stereocenters. The van der Waals surface area contributed by atoms with Gasteiger partial charge in [-0.1, -0.05) is 36.2 Å². The zero-order chi connectivity index (χ0) is 23.4. The van der Waals surface area contributed by atoms with Crippen molar-refractivity contribution >= 4 is 33.5 Å². The SMILES string of the molecule is CCS(=O)(=O)c1ccc(-n2cc(CSOc3ccc(C)cc3)nc2-c2ccc(Cl)cc2)cc1. The third kappa shape index (κ3) is 5.61. The van der Waals surface area contributed by atoms with Gasteiger partial charge in [-0.15, -0.1) is 0 Å². The first-order valence-corrected chi connectivity index (χ1v) is 13.3. The Morgan fingerprint density at radius 3 is 2.27 bits per heavy atom. The van der Waals surface area contributed by atoms with Crippen LogP contribution in [0.4, 0.5) is 0 Å². The molecule has 8 heteroatoms. The topological polar surface area (TPSA) is 61.2 Å². The van der Waals surface area contributed by atoms with Crippen LogP contribution in [-0.4, -0.2) is 23.7 Å². The molecule has 0 aliphatic rings. The summed E-state index contributed by atoms with van der Waals surface area (Å²) in [5.41, 5.74) is 3.73. The van der Waals surface area contributed by atoms with Crippen LogP contribution in [0.5, 0.6) is 5.75 Å². The van der Waals surface area contributed by atoms with Crippen molar-refractivity contribution in [2.45, 2.75) is 24.5 Å². The number of aryl methyl sites for hydroxylation is 1. The molecule has 1 aromatic heterocycles. The van der Waals surface area contributed by atoms with Gasteiger partial charge in [0.05, 0.1) is 34.1 Å². The van der Waals surface area contributed by atoms with Crippen LogP contribution in [0.2, 0.25) is 5.02 Å². The van der Waals surface area contributed by atoms with Gasteiger partial charge >= 0.3 is 0 Å². The first kappa shape index (κ1) is 23.4. The zero-order valence-electron chi connectivity index (χ0n) is 18.2. The van der Waals surface area contributed by atoms with Crippen LogP contribution in [0.25, 0.3) is 17.1 Å². The molecule has 0 aliphatic carbocycles. The molecule has 170 valence electrons. The van der Waals surface area contributed by atoms with E-state index >= 15 is 0 Å². The van der Waals surface area contributed by atoms with Crippen molar-refractivity contribution in [2.24, 2.45) is 0 Å². The highest BCUT2D eigenvalue weighted by molar-refractivity contribution is 7.94. The lowest BCUT2D eigenvalue weighted by Crippen LogP contribution is -2.04. The van der Waals surface area contributed by atoms with Gasteiger partial charge < -0.3 is 4.18 Å². The van der Waals surface area contributed by atoms with Gasteiger partial charge in [-0.2, -0.15) is 0 Å². The summed E-state index contributed by atoms with van der Waals surface area (Å²) in [6.45, 7) is 3.67. The van der Waals surface area contributed by atoms with Crippen molar-refractivity contribution in [1.82, 2.24) is 9.55 Å². The Morgan fingerprint density at radius 1 is 0.970 bits per heavy atom. The van der Waals surface area contributed by atoms with E-state index in [4.69, 9.17) is 20.8 Å². The predicted molar refractivity (Wildman–Crippen MR) is 135 cm³/mol. The van der Waals surface area contributed by atoms with Gasteiger partial charge in [-0.05, 0) is 67.6 Å². The number of hydrogen-bond acceptors (Lipinski definition) is 5. The summed E-state index contributed by atoms with van der Waals surface area (Å²) in [6, 6.07) is 22.2. The molecular formula is C25H23ClN2O3S2. The minimum Gasteiger partial charge on any atom is -0.425 e. The highest BCUT2D eigenvalue weighted by Gasteiger charge is 2.15. The number of hydrogen-bond donors (Lipinski definition) is 0. The van der Waals surface area contributed by atoms with E-state index in [9.17, 15) is 8.42 Å². The normalized spacial score (nSPS) is 11.5. The van der Waals surface area contributed by atoms with Crippen LogP contribution in [0.1, 0.15) is 18.2 Å². The van der Waals surface area contributed by atoms with Crippen LogP contribution >= 0.6 is 23.6 Å². The average molecular weight is 499 g/mol. The van der Waals surface area contributed by atoms with Crippen molar-refractivity contribution < 1.29 is 12.6 Å². The summed E-state index contributed by atoms with van der Waals surface area (Å²) in [7, 11) is -3.26. The maximum Gasteiger partial charge on any atom is 0.178 e. The van der Waals surface area contributed by atoms with Crippen molar-refractivity contribution in [3.63, 3.8) is 0 Å². The Kier molecular flexibility index (Phi) is 7.12. The number of nitrogens with zero attached hydrogens (tertiary/aromatic N) is 2. The van der Waals surface area contributed by atoms with E-state index in [1.54, 1.807) is 31.2 Å². The summed E-state index contributed by atoms with van der Waals surface area (Å²) in [4.78, 5) is 5.13. The highest BCUT2D eigenvalue weighted by Crippen LogP contribution is 2.27. The third-order valence-corrected chi connectivity index (χ3v) is 7.82. The predicted octanol–water partition coefficient (Wildman–Crippen LogP) is 6.52. The molecular weight excluding hydrogens is 476 g/mol. The fourth-order valence-electron chi connectivity index (χ4n) is 3.23. The molecule has 0 saturated heterocycles. The minimum atomic E-state index is -3.26. The van der Waals surface area contributed by atoms with E-state index in [0.29, 0.717) is 15.7 Å². The minimum absolute atomic E-state index is 0.0653. The average Bonchev–Trinajstić information content (AvgIpc) is 3.25. The van der Waals surface area contributed by atoms with Crippen LogP contribution in [0, 0.1) is 6.92 Å². The molecule has 33 heavy (non-hydrogen) atoms. The summed E-state index contributed by atoms with van der Waals surface area (Å²) in [6.07, 6.45) is 1.94. The molecule has 0 radical (unpaired) electrons. The third-order valence-electron chi connectivity index (χ3n) is 5.10. The molecule has 0 N–H and O–H groups in total. The van der Waals surface area contributed by atoms with Crippen molar-refractivity contribution in [3.8, 4) is 22.8 Å². The Hall–Kier alpha value is -2.74. The highest BCUT2D eigenvalue weighted by atomic mass is 35.5. The number of aromatic nitrogens is 2. The number of halogens is 1. The quantitative estimate of drug-likeness (QED) is 0.259. The maximum absolute atomic E-state index is 12.2. The lowest BCUT2D eigenvalue weighted by atomic mass is 10.2. The summed E-state index contributed by atoms with van der Waals surface area (Å²) >= 11 is 7.38. The Balaban J connectivity index is 1.62. The lowest BCUT2D eigenvalue weighted by molar-refractivity contribution is 0.597. The van der Waals surface area contributed by atoms with Gasteiger partial charge in [0.1, 0.15) is 11.6 Å². The van der Waals surface area contributed by atoms with E-state index in [1.807, 2.05) is 66.2 Å². The molecule has 4 aromatic rings. The Morgan fingerprint density at radius 2 is 1.64 bits per heavy atom. The van der Waals surface area contributed by atoms with Gasteiger partial charge in [0, 0.05) is 22.5 Å². The molecule has 0 atom stereocenters. The first-order chi connectivity index (χ1) is 15.9. The fraction of sp³-hybridized carbons (Fsp3) is 0.160. The largest absolute Gasteiger partial charge is 0.425 e. The van der Waals surface area contributed by atoms with Crippen molar-refractivity contribution in [3.05, 3.63) is 95.3 Å². The maximum atomic E-state index is 12.2. The van der Waals surface area contributed by atoms with Gasteiger partial charge in [0.2, 0.25) is 0 Å².